The summed E-state index contributed by atoms with van der Waals surface area (Å²) in [7, 11) is 3.74. The summed E-state index contributed by atoms with van der Waals surface area (Å²) in [6.07, 6.45) is 14.2. The summed E-state index contributed by atoms with van der Waals surface area (Å²) in [6, 6.07) is 1.61. The van der Waals surface area contributed by atoms with Gasteiger partial charge in [-0.3, -0.25) is 9.69 Å². The van der Waals surface area contributed by atoms with Gasteiger partial charge in [0.1, 0.15) is 11.6 Å². The van der Waals surface area contributed by atoms with Crippen LogP contribution in [-0.4, -0.2) is 72.2 Å². The van der Waals surface area contributed by atoms with Crippen LogP contribution in [0.3, 0.4) is 0 Å². The lowest BCUT2D eigenvalue weighted by atomic mass is 9.84. The Kier molecular flexibility index (Phi) is 8.17. The fourth-order valence-electron chi connectivity index (χ4n) is 5.57. The number of likely N-dealkylation sites (N-methyl/N-ethyl adjacent to an activating group) is 1. The monoisotopic (exact) mass is 534 g/mol. The molecule has 1 atom stereocenters. The van der Waals surface area contributed by atoms with Crippen LogP contribution in [0.1, 0.15) is 75.0 Å². The molecule has 3 aliphatic rings. The van der Waals surface area contributed by atoms with E-state index in [0.717, 1.165) is 57.1 Å². The number of carbonyl (C=O) groups is 2. The third-order valence-corrected chi connectivity index (χ3v) is 8.22. The number of urea groups is 1. The molecular weight excluding hydrogens is 496 g/mol. The van der Waals surface area contributed by atoms with Crippen LogP contribution in [0.25, 0.3) is 11.5 Å². The molecule has 10 heteroatoms. The standard InChI is InChI=1S/C29H38N6O4/c1-4-5-9-21-25(33-39-26(21)20-10-6-7-11-22(20)36)27-31-23(35-17-16-34(3)28(35)37)18-24(32-27)38-19-29(13-14-29)12-8-15-30-2/h1,18,20,30H,5-17,19H2,2-3H3/t20-/m0/s1. The minimum absolute atomic E-state index is 0.127. The smallest absolute Gasteiger partial charge is 0.325 e. The molecular formula is C29H38N6O4. The largest absolute Gasteiger partial charge is 0.477 e. The molecule has 39 heavy (non-hydrogen) atoms. The molecule has 2 saturated carbocycles. The Morgan fingerprint density at radius 3 is 2.79 bits per heavy atom. The molecule has 0 aromatic carbocycles. The number of aromatic nitrogens is 3. The lowest BCUT2D eigenvalue weighted by molar-refractivity contribution is -0.122. The number of anilines is 1. The predicted octanol–water partition coefficient (Wildman–Crippen LogP) is 3.95. The van der Waals surface area contributed by atoms with Gasteiger partial charge in [-0.1, -0.05) is 11.6 Å². The number of amides is 2. The fourth-order valence-corrected chi connectivity index (χ4v) is 5.57. The quantitative estimate of drug-likeness (QED) is 0.322. The zero-order valence-corrected chi connectivity index (χ0v) is 23.0. The summed E-state index contributed by atoms with van der Waals surface area (Å²) in [5.74, 6) is 4.28. The number of hydrogen-bond acceptors (Lipinski definition) is 8. The number of ether oxygens (including phenoxy) is 1. The second-order valence-corrected chi connectivity index (χ2v) is 11.1. The van der Waals surface area contributed by atoms with Gasteiger partial charge in [0.25, 0.3) is 0 Å². The summed E-state index contributed by atoms with van der Waals surface area (Å²) in [6.45, 7) is 2.66. The molecule has 0 bridgehead atoms. The third kappa shape index (κ3) is 5.93. The maximum atomic E-state index is 12.8. The molecule has 1 aliphatic heterocycles. The highest BCUT2D eigenvalue weighted by molar-refractivity contribution is 5.93. The number of nitrogens with one attached hydrogen (secondary N) is 1. The van der Waals surface area contributed by atoms with Crippen molar-refractivity contribution >= 4 is 17.6 Å². The summed E-state index contributed by atoms with van der Waals surface area (Å²) < 4.78 is 12.1. The zero-order chi connectivity index (χ0) is 27.4. The van der Waals surface area contributed by atoms with Crippen LogP contribution in [0.15, 0.2) is 10.6 Å². The zero-order valence-electron chi connectivity index (χ0n) is 23.0. The normalized spacial score (nSPS) is 20.4. The Bertz CT molecular complexity index is 1250. The number of terminal acetylenes is 1. The van der Waals surface area contributed by atoms with Crippen LogP contribution in [0.5, 0.6) is 5.88 Å². The Labute approximate surface area is 229 Å². The van der Waals surface area contributed by atoms with E-state index in [1.165, 1.54) is 0 Å². The van der Waals surface area contributed by atoms with Gasteiger partial charge in [0.05, 0.1) is 12.5 Å². The molecule has 2 aliphatic carbocycles. The summed E-state index contributed by atoms with van der Waals surface area (Å²) in [5, 5.41) is 7.58. The van der Waals surface area contributed by atoms with Crippen LogP contribution < -0.4 is 15.0 Å². The van der Waals surface area contributed by atoms with Gasteiger partial charge in [-0.2, -0.15) is 4.98 Å². The van der Waals surface area contributed by atoms with E-state index in [1.807, 2.05) is 7.05 Å². The molecule has 0 unspecified atom stereocenters. The van der Waals surface area contributed by atoms with Gasteiger partial charge in [-0.15, -0.1) is 12.3 Å². The second-order valence-electron chi connectivity index (χ2n) is 11.1. The second kappa shape index (κ2) is 11.7. The number of nitrogens with zero attached hydrogens (tertiary/aromatic N) is 5. The first-order valence-electron chi connectivity index (χ1n) is 14.1. The Morgan fingerprint density at radius 2 is 2.10 bits per heavy atom. The van der Waals surface area contributed by atoms with Crippen molar-refractivity contribution in [3.63, 3.8) is 0 Å². The van der Waals surface area contributed by atoms with Crippen molar-refractivity contribution < 1.29 is 18.8 Å². The molecule has 0 spiro atoms. The Hall–Kier alpha value is -3.45. The maximum absolute atomic E-state index is 12.8. The van der Waals surface area contributed by atoms with Crippen LogP contribution >= 0.6 is 0 Å². The summed E-state index contributed by atoms with van der Waals surface area (Å²) in [4.78, 5) is 38.4. The van der Waals surface area contributed by atoms with E-state index in [2.05, 4.69) is 16.4 Å². The average Bonchev–Trinajstić information content (AvgIpc) is 3.46. The minimum Gasteiger partial charge on any atom is -0.477 e. The first kappa shape index (κ1) is 27.1. The van der Waals surface area contributed by atoms with Crippen molar-refractivity contribution in [1.82, 2.24) is 25.3 Å². The predicted molar refractivity (Wildman–Crippen MR) is 147 cm³/mol. The van der Waals surface area contributed by atoms with Crippen molar-refractivity contribution in [2.45, 2.75) is 70.1 Å². The number of hydrogen-bond donors (Lipinski definition) is 1. The number of ketones is 1. The highest BCUT2D eigenvalue weighted by Gasteiger charge is 2.43. The van der Waals surface area contributed by atoms with Gasteiger partial charge in [0, 0.05) is 50.0 Å². The molecule has 2 amide bonds. The molecule has 1 N–H and O–H groups in total. The van der Waals surface area contributed by atoms with E-state index < -0.39 is 0 Å². The van der Waals surface area contributed by atoms with E-state index in [-0.39, 0.29) is 23.1 Å². The van der Waals surface area contributed by atoms with Crippen molar-refractivity contribution in [2.24, 2.45) is 5.41 Å². The average molecular weight is 535 g/mol. The van der Waals surface area contributed by atoms with E-state index in [9.17, 15) is 9.59 Å². The Morgan fingerprint density at radius 1 is 1.26 bits per heavy atom. The molecule has 1 saturated heterocycles. The molecule has 3 heterocycles. The van der Waals surface area contributed by atoms with Crippen LogP contribution in [0.2, 0.25) is 0 Å². The van der Waals surface area contributed by atoms with Gasteiger partial charge in [-0.05, 0) is 58.5 Å². The van der Waals surface area contributed by atoms with Crippen molar-refractivity contribution in [1.29, 1.82) is 0 Å². The summed E-state index contributed by atoms with van der Waals surface area (Å²) in [5.41, 5.74) is 1.40. The highest BCUT2D eigenvalue weighted by Crippen LogP contribution is 2.49. The maximum Gasteiger partial charge on any atom is 0.325 e. The topological polar surface area (TPSA) is 114 Å². The number of Topliss-reactive ketones (excluding diaryl/α,β-unsaturated/α-hetero) is 1. The van der Waals surface area contributed by atoms with E-state index in [4.69, 9.17) is 25.7 Å². The molecule has 2 aromatic rings. The molecule has 3 fully saturated rings. The van der Waals surface area contributed by atoms with Crippen LogP contribution in [0, 0.1) is 17.8 Å². The van der Waals surface area contributed by atoms with Gasteiger partial charge >= 0.3 is 6.03 Å². The Balaban J connectivity index is 1.49. The number of carbonyl (C=O) groups excluding carboxylic acids is 2. The molecule has 5 rings (SSSR count). The van der Waals surface area contributed by atoms with Gasteiger partial charge in [0.15, 0.2) is 17.3 Å². The molecule has 208 valence electrons. The van der Waals surface area contributed by atoms with Crippen LogP contribution in [0.4, 0.5) is 10.6 Å². The molecule has 2 aromatic heterocycles. The van der Waals surface area contributed by atoms with Gasteiger partial charge < -0.3 is 19.5 Å². The van der Waals surface area contributed by atoms with Crippen molar-refractivity contribution in [2.75, 3.05) is 45.2 Å². The fraction of sp³-hybridized carbons (Fsp3) is 0.621. The van der Waals surface area contributed by atoms with E-state index in [1.54, 1.807) is 22.9 Å². The molecule has 0 radical (unpaired) electrons. The lowest BCUT2D eigenvalue weighted by Crippen LogP contribution is -2.30. The van der Waals surface area contributed by atoms with E-state index >= 15 is 0 Å². The first-order chi connectivity index (χ1) is 18.9. The summed E-state index contributed by atoms with van der Waals surface area (Å²) >= 11 is 0. The number of rotatable bonds is 12. The highest BCUT2D eigenvalue weighted by atomic mass is 16.5. The van der Waals surface area contributed by atoms with Crippen LogP contribution in [-0.2, 0) is 11.2 Å². The van der Waals surface area contributed by atoms with Crippen molar-refractivity contribution in [3.05, 3.63) is 17.4 Å². The SMILES string of the molecule is C#CCCc1c(-c2nc(OCC3(CCCNC)CC3)cc(N3CCN(C)C3=O)n2)noc1[C@H]1CCCCC1=O. The van der Waals surface area contributed by atoms with Crippen molar-refractivity contribution in [3.8, 4) is 29.7 Å². The third-order valence-electron chi connectivity index (χ3n) is 8.22. The molecule has 10 nitrogen and oxygen atoms in total. The van der Waals surface area contributed by atoms with Gasteiger partial charge in [0.2, 0.25) is 5.88 Å². The first-order valence-corrected chi connectivity index (χ1v) is 14.1. The minimum atomic E-state index is -0.326. The lowest BCUT2D eigenvalue weighted by Gasteiger charge is -2.19. The van der Waals surface area contributed by atoms with E-state index in [0.29, 0.717) is 67.9 Å². The van der Waals surface area contributed by atoms with Gasteiger partial charge in [-0.25, -0.2) is 9.78 Å².